The van der Waals surface area contributed by atoms with E-state index in [9.17, 15) is 9.90 Å². The molecular formula is C4H9N2O2. The quantitative estimate of drug-likeness (QED) is 0.447. The van der Waals surface area contributed by atoms with Gasteiger partial charge in [0.15, 0.2) is 6.61 Å². The monoisotopic (exact) mass is 117 g/mol. The molecule has 0 spiro atoms. The Morgan fingerprint density at radius 1 is 1.88 bits per heavy atom. The second-order valence-corrected chi connectivity index (χ2v) is 1.50. The van der Waals surface area contributed by atoms with Crippen molar-refractivity contribution < 1.29 is 9.90 Å². The van der Waals surface area contributed by atoms with Gasteiger partial charge in [-0.25, -0.2) is 5.11 Å². The van der Waals surface area contributed by atoms with E-state index in [0.717, 1.165) is 0 Å². The fourth-order valence-corrected chi connectivity index (χ4v) is 0.296. The van der Waals surface area contributed by atoms with E-state index in [4.69, 9.17) is 5.73 Å². The average Bonchev–Trinajstić information content (AvgIpc) is 1.65. The normalized spacial score (nSPS) is 12.9. The maximum Gasteiger partial charge on any atom is 0.250 e. The lowest BCUT2D eigenvalue weighted by Gasteiger charge is -2.03. The topological polar surface area (TPSA) is 75.0 Å². The van der Waals surface area contributed by atoms with E-state index < -0.39 is 18.7 Å². The van der Waals surface area contributed by atoms with Crippen molar-refractivity contribution >= 4 is 5.91 Å². The van der Waals surface area contributed by atoms with Crippen molar-refractivity contribution in [1.82, 2.24) is 5.32 Å². The molecule has 4 heteroatoms. The van der Waals surface area contributed by atoms with Crippen LogP contribution in [0.1, 0.15) is 6.92 Å². The predicted molar refractivity (Wildman–Crippen MR) is 27.3 cm³/mol. The lowest BCUT2D eigenvalue weighted by molar-refractivity contribution is -0.126. The summed E-state index contributed by atoms with van der Waals surface area (Å²) >= 11 is 0. The van der Waals surface area contributed by atoms with E-state index in [1.807, 2.05) is 0 Å². The molecule has 1 radical (unpaired) electrons. The Labute approximate surface area is 47.7 Å². The first-order valence-electron chi connectivity index (χ1n) is 2.30. The summed E-state index contributed by atoms with van der Waals surface area (Å²) in [5, 5.41) is 11.9. The smallest absolute Gasteiger partial charge is 0.250 e. The fourth-order valence-electron chi connectivity index (χ4n) is 0.296. The van der Waals surface area contributed by atoms with E-state index in [1.54, 1.807) is 6.92 Å². The third kappa shape index (κ3) is 3.58. The van der Waals surface area contributed by atoms with Gasteiger partial charge in [0.2, 0.25) is 0 Å². The molecule has 4 nitrogen and oxygen atoms in total. The third-order valence-electron chi connectivity index (χ3n) is 0.520. The molecule has 0 aliphatic rings. The van der Waals surface area contributed by atoms with Crippen LogP contribution in [0.2, 0.25) is 0 Å². The average molecular weight is 117 g/mol. The Balaban J connectivity index is 3.25. The Morgan fingerprint density at radius 2 is 2.38 bits per heavy atom. The van der Waals surface area contributed by atoms with Gasteiger partial charge < -0.3 is 11.1 Å². The molecule has 0 saturated heterocycles. The van der Waals surface area contributed by atoms with E-state index in [0.29, 0.717) is 0 Å². The number of nitrogens with one attached hydrogen (secondary N) is 1. The largest absolute Gasteiger partial charge is 0.339 e. The Hall–Kier alpha value is -0.610. The lowest BCUT2D eigenvalue weighted by Crippen LogP contribution is -2.40. The van der Waals surface area contributed by atoms with Crippen molar-refractivity contribution in [2.45, 2.75) is 13.1 Å². The molecule has 47 valence electrons. The minimum absolute atomic E-state index is 0.420. The van der Waals surface area contributed by atoms with Gasteiger partial charge in [-0.3, -0.25) is 4.79 Å². The van der Waals surface area contributed by atoms with Gasteiger partial charge in [-0.15, -0.1) is 0 Å². The summed E-state index contributed by atoms with van der Waals surface area (Å²) in [5.74, 6) is -0.556. The zero-order valence-corrected chi connectivity index (χ0v) is 4.68. The van der Waals surface area contributed by atoms with Gasteiger partial charge in [0.1, 0.15) is 0 Å². The summed E-state index contributed by atoms with van der Waals surface area (Å²) < 4.78 is 0. The maximum atomic E-state index is 10.1. The molecule has 3 N–H and O–H groups in total. The van der Waals surface area contributed by atoms with E-state index in [-0.39, 0.29) is 0 Å². The molecule has 8 heavy (non-hydrogen) atoms. The van der Waals surface area contributed by atoms with Crippen molar-refractivity contribution in [2.24, 2.45) is 5.73 Å². The van der Waals surface area contributed by atoms with Gasteiger partial charge in [-0.05, 0) is 6.92 Å². The van der Waals surface area contributed by atoms with Crippen LogP contribution in [0.5, 0.6) is 0 Å². The Bertz CT molecular complexity index is 82.1. The van der Waals surface area contributed by atoms with Crippen LogP contribution in [0.25, 0.3) is 0 Å². The minimum Gasteiger partial charge on any atom is -0.339 e. The lowest BCUT2D eigenvalue weighted by atomic mass is 10.5. The first-order chi connectivity index (χ1) is 3.66. The zero-order chi connectivity index (χ0) is 6.57. The molecule has 1 amide bonds. The number of carbonyl (C=O) groups excluding carboxylic acids is 1. The maximum absolute atomic E-state index is 10.1. The van der Waals surface area contributed by atoms with Crippen LogP contribution in [0.3, 0.4) is 0 Å². The van der Waals surface area contributed by atoms with Crippen LogP contribution < -0.4 is 11.1 Å². The molecule has 1 atom stereocenters. The number of nitrogens with two attached hydrogens (primary N) is 1. The highest BCUT2D eigenvalue weighted by atomic mass is 16.3. The van der Waals surface area contributed by atoms with E-state index in [2.05, 4.69) is 5.32 Å². The van der Waals surface area contributed by atoms with Crippen LogP contribution in [0, 0.1) is 0 Å². The zero-order valence-electron chi connectivity index (χ0n) is 4.68. The van der Waals surface area contributed by atoms with Crippen LogP contribution in [0.4, 0.5) is 0 Å². The summed E-state index contributed by atoms with van der Waals surface area (Å²) in [4.78, 5) is 10.1. The van der Waals surface area contributed by atoms with Crippen LogP contribution in [-0.2, 0) is 9.90 Å². The van der Waals surface area contributed by atoms with Crippen LogP contribution in [-0.4, -0.2) is 18.7 Å². The highest BCUT2D eigenvalue weighted by Gasteiger charge is 1.98. The molecule has 0 aromatic rings. The summed E-state index contributed by atoms with van der Waals surface area (Å²) in [7, 11) is 0. The van der Waals surface area contributed by atoms with Crippen molar-refractivity contribution in [1.29, 1.82) is 0 Å². The predicted octanol–water partition coefficient (Wildman–Crippen LogP) is -1.16. The minimum atomic E-state index is -0.748. The van der Waals surface area contributed by atoms with Crippen molar-refractivity contribution in [3.8, 4) is 0 Å². The molecule has 0 aliphatic carbocycles. The molecule has 0 saturated carbocycles. The molecule has 0 bridgehead atoms. The molecule has 1 unspecified atom stereocenters. The van der Waals surface area contributed by atoms with Crippen LogP contribution in [0.15, 0.2) is 0 Å². The number of rotatable bonds is 2. The number of amides is 1. The van der Waals surface area contributed by atoms with E-state index in [1.165, 1.54) is 0 Å². The summed E-state index contributed by atoms with van der Waals surface area (Å²) in [6.07, 6.45) is -0.420. The highest BCUT2D eigenvalue weighted by Crippen LogP contribution is 1.66. The van der Waals surface area contributed by atoms with Crippen molar-refractivity contribution in [2.75, 3.05) is 6.61 Å². The molecule has 0 aromatic heterocycles. The first kappa shape index (κ1) is 7.39. The van der Waals surface area contributed by atoms with Gasteiger partial charge in [0, 0.05) is 0 Å². The molecule has 0 heterocycles. The van der Waals surface area contributed by atoms with Gasteiger partial charge in [0.25, 0.3) is 5.91 Å². The van der Waals surface area contributed by atoms with Crippen LogP contribution >= 0.6 is 0 Å². The molecule has 0 fully saturated rings. The summed E-state index contributed by atoms with van der Waals surface area (Å²) in [5.41, 5.74) is 5.10. The molecular weight excluding hydrogens is 108 g/mol. The van der Waals surface area contributed by atoms with Gasteiger partial charge in [-0.2, -0.15) is 0 Å². The number of carbonyl (C=O) groups is 1. The van der Waals surface area contributed by atoms with Crippen molar-refractivity contribution in [3.63, 3.8) is 0 Å². The SMILES string of the molecule is CC(N)NC(=O)C[O]. The van der Waals surface area contributed by atoms with Gasteiger partial charge in [0.05, 0.1) is 6.17 Å². The summed E-state index contributed by atoms with van der Waals surface area (Å²) in [6, 6.07) is 0. The highest BCUT2D eigenvalue weighted by molar-refractivity contribution is 5.76. The molecule has 0 aliphatic heterocycles. The van der Waals surface area contributed by atoms with Crippen molar-refractivity contribution in [3.05, 3.63) is 0 Å². The first-order valence-corrected chi connectivity index (χ1v) is 2.30. The standard InChI is InChI=1S/C4H9N2O2/c1-3(5)6-4(8)2-7/h3H,2,5H2,1H3,(H,6,8). The molecule has 0 aromatic carbocycles. The second-order valence-electron chi connectivity index (χ2n) is 1.50. The number of hydrogen-bond acceptors (Lipinski definition) is 2. The van der Waals surface area contributed by atoms with Gasteiger partial charge in [-0.1, -0.05) is 0 Å². The fraction of sp³-hybridized carbons (Fsp3) is 0.750. The number of hydrogen-bond donors (Lipinski definition) is 2. The Morgan fingerprint density at radius 3 is 2.50 bits per heavy atom. The van der Waals surface area contributed by atoms with E-state index >= 15 is 0 Å². The summed E-state index contributed by atoms with van der Waals surface area (Å²) in [6.45, 7) is 0.842. The Kier molecular flexibility index (Phi) is 3.14. The van der Waals surface area contributed by atoms with Gasteiger partial charge >= 0.3 is 0 Å². The molecule has 0 rings (SSSR count). The second kappa shape index (κ2) is 3.40. The third-order valence-corrected chi connectivity index (χ3v) is 0.520.